The molecule has 2 unspecified atom stereocenters. The third kappa shape index (κ3) is 8.54. The molecule has 3 rings (SSSR count). The molecular formula is C25H42IN5O. The summed E-state index contributed by atoms with van der Waals surface area (Å²) in [7, 11) is 0. The summed E-state index contributed by atoms with van der Waals surface area (Å²) in [5, 5.41) is 6.93. The monoisotopic (exact) mass is 555 g/mol. The molecule has 2 aliphatic heterocycles. The fraction of sp³-hybridized carbons (Fsp3) is 0.680. The van der Waals surface area contributed by atoms with Gasteiger partial charge in [0.1, 0.15) is 0 Å². The average Bonchev–Trinajstić information content (AvgIpc) is 3.14. The molecule has 32 heavy (non-hydrogen) atoms. The van der Waals surface area contributed by atoms with Crippen molar-refractivity contribution in [2.24, 2.45) is 16.8 Å². The summed E-state index contributed by atoms with van der Waals surface area (Å²) in [5.74, 6) is 2.14. The van der Waals surface area contributed by atoms with Gasteiger partial charge < -0.3 is 20.4 Å². The Balaban J connectivity index is 0.00000363. The normalized spacial score (nSPS) is 22.2. The molecule has 1 amide bonds. The standard InChI is InChI=1S/C25H41N5O.HI/c1-4-26-25(27-16-22-11-8-13-29(18-22)20(2)3)28-17-23-15-24(31)30(19-23)14-12-21-9-6-5-7-10-21;/h5-7,9-10,20,22-23H,4,8,11-19H2,1-3H3,(H2,26,27,28);1H. The molecule has 0 saturated carbocycles. The minimum Gasteiger partial charge on any atom is -0.357 e. The van der Waals surface area contributed by atoms with Crippen molar-refractivity contribution in [1.82, 2.24) is 20.4 Å². The maximum Gasteiger partial charge on any atom is 0.223 e. The lowest BCUT2D eigenvalue weighted by Crippen LogP contribution is -2.46. The molecule has 2 fully saturated rings. The summed E-state index contributed by atoms with van der Waals surface area (Å²) in [6.45, 7) is 13.2. The number of carbonyl (C=O) groups excluding carboxylic acids is 1. The van der Waals surface area contributed by atoms with Crippen LogP contribution in [0.5, 0.6) is 0 Å². The van der Waals surface area contributed by atoms with Gasteiger partial charge in [0.25, 0.3) is 0 Å². The summed E-state index contributed by atoms with van der Waals surface area (Å²) in [6, 6.07) is 11.0. The lowest BCUT2D eigenvalue weighted by atomic mass is 9.97. The smallest absolute Gasteiger partial charge is 0.223 e. The second-order valence-electron chi connectivity index (χ2n) is 9.34. The van der Waals surface area contributed by atoms with E-state index >= 15 is 0 Å². The first-order chi connectivity index (χ1) is 15.0. The molecule has 7 heteroatoms. The van der Waals surface area contributed by atoms with Crippen LogP contribution in [0.2, 0.25) is 0 Å². The molecule has 2 atom stereocenters. The molecule has 2 N–H and O–H groups in total. The zero-order valence-electron chi connectivity index (χ0n) is 20.1. The largest absolute Gasteiger partial charge is 0.357 e. The van der Waals surface area contributed by atoms with Gasteiger partial charge in [0.15, 0.2) is 5.96 Å². The van der Waals surface area contributed by atoms with Crippen LogP contribution in [0.15, 0.2) is 35.3 Å². The first-order valence-corrected chi connectivity index (χ1v) is 12.1. The number of aliphatic imine (C=N–C) groups is 1. The summed E-state index contributed by atoms with van der Waals surface area (Å²) >= 11 is 0. The quantitative estimate of drug-likeness (QED) is 0.279. The number of rotatable bonds is 9. The second-order valence-corrected chi connectivity index (χ2v) is 9.34. The Morgan fingerprint density at radius 2 is 1.94 bits per heavy atom. The van der Waals surface area contributed by atoms with Gasteiger partial charge in [-0.05, 0) is 58.1 Å². The van der Waals surface area contributed by atoms with Crippen LogP contribution in [-0.2, 0) is 11.2 Å². The molecule has 0 bridgehead atoms. The van der Waals surface area contributed by atoms with Gasteiger partial charge in [-0.2, -0.15) is 0 Å². The van der Waals surface area contributed by atoms with Crippen LogP contribution in [-0.4, -0.2) is 73.5 Å². The van der Waals surface area contributed by atoms with Gasteiger partial charge in [-0.15, -0.1) is 24.0 Å². The number of piperidine rings is 1. The lowest BCUT2D eigenvalue weighted by molar-refractivity contribution is -0.127. The summed E-state index contributed by atoms with van der Waals surface area (Å²) < 4.78 is 0. The number of nitrogens with zero attached hydrogens (tertiary/aromatic N) is 3. The van der Waals surface area contributed by atoms with E-state index in [-0.39, 0.29) is 29.9 Å². The predicted molar refractivity (Wildman–Crippen MR) is 144 cm³/mol. The van der Waals surface area contributed by atoms with Crippen LogP contribution in [0.4, 0.5) is 0 Å². The first-order valence-electron chi connectivity index (χ1n) is 12.1. The number of guanidine groups is 1. The van der Waals surface area contributed by atoms with Crippen molar-refractivity contribution in [3.63, 3.8) is 0 Å². The van der Waals surface area contributed by atoms with Gasteiger partial charge in [-0.1, -0.05) is 30.3 Å². The Kier molecular flexibility index (Phi) is 11.8. The van der Waals surface area contributed by atoms with E-state index in [9.17, 15) is 4.79 Å². The SMILES string of the molecule is CCNC(=NCC1CC(=O)N(CCc2ccccc2)C1)NCC1CCCN(C(C)C)C1.I. The second kappa shape index (κ2) is 14.0. The number of hydrogen-bond donors (Lipinski definition) is 2. The molecule has 2 saturated heterocycles. The molecule has 0 radical (unpaired) electrons. The zero-order valence-corrected chi connectivity index (χ0v) is 22.4. The molecule has 0 spiro atoms. The van der Waals surface area contributed by atoms with Crippen molar-refractivity contribution in [2.75, 3.05) is 45.8 Å². The Hall–Kier alpha value is -1.35. The highest BCUT2D eigenvalue weighted by Gasteiger charge is 2.29. The molecule has 1 aromatic rings. The number of hydrogen-bond acceptors (Lipinski definition) is 3. The summed E-state index contributed by atoms with van der Waals surface area (Å²) in [4.78, 5) is 21.8. The maximum atomic E-state index is 12.4. The molecule has 0 aliphatic carbocycles. The van der Waals surface area contributed by atoms with E-state index in [4.69, 9.17) is 4.99 Å². The van der Waals surface area contributed by atoms with Crippen molar-refractivity contribution in [3.05, 3.63) is 35.9 Å². The predicted octanol–water partition coefficient (Wildman–Crippen LogP) is 3.37. The Morgan fingerprint density at radius 1 is 1.16 bits per heavy atom. The van der Waals surface area contributed by atoms with Gasteiger partial charge >= 0.3 is 0 Å². The molecular weight excluding hydrogens is 513 g/mol. The molecule has 180 valence electrons. The number of carbonyl (C=O) groups is 1. The third-order valence-electron chi connectivity index (χ3n) is 6.50. The minimum atomic E-state index is 0. The number of amides is 1. The van der Waals surface area contributed by atoms with Crippen molar-refractivity contribution in [3.8, 4) is 0 Å². The van der Waals surface area contributed by atoms with Gasteiger partial charge in [0, 0.05) is 57.6 Å². The Labute approximate surface area is 211 Å². The fourth-order valence-corrected chi connectivity index (χ4v) is 4.64. The summed E-state index contributed by atoms with van der Waals surface area (Å²) in [5.41, 5.74) is 1.29. The number of nitrogens with one attached hydrogen (secondary N) is 2. The number of likely N-dealkylation sites (tertiary alicyclic amines) is 2. The Bertz CT molecular complexity index is 712. The summed E-state index contributed by atoms with van der Waals surface area (Å²) in [6.07, 6.45) is 4.09. The third-order valence-corrected chi connectivity index (χ3v) is 6.50. The molecule has 0 aromatic heterocycles. The number of benzene rings is 1. The van der Waals surface area contributed by atoms with E-state index in [1.165, 1.54) is 24.9 Å². The van der Waals surface area contributed by atoms with Crippen LogP contribution in [0.1, 0.15) is 45.6 Å². The van der Waals surface area contributed by atoms with Crippen LogP contribution in [0, 0.1) is 11.8 Å². The molecule has 2 aliphatic rings. The van der Waals surface area contributed by atoms with Gasteiger partial charge in [-0.25, -0.2) is 0 Å². The molecule has 2 heterocycles. The minimum absolute atomic E-state index is 0. The molecule has 6 nitrogen and oxygen atoms in total. The highest BCUT2D eigenvalue weighted by atomic mass is 127. The van der Waals surface area contributed by atoms with Gasteiger partial charge in [0.05, 0.1) is 0 Å². The average molecular weight is 556 g/mol. The first kappa shape index (κ1) is 26.9. The highest BCUT2D eigenvalue weighted by Crippen LogP contribution is 2.19. The van der Waals surface area contributed by atoms with Crippen molar-refractivity contribution in [2.45, 2.75) is 52.5 Å². The fourth-order valence-electron chi connectivity index (χ4n) is 4.64. The van der Waals surface area contributed by atoms with Crippen LogP contribution < -0.4 is 10.6 Å². The van der Waals surface area contributed by atoms with E-state index < -0.39 is 0 Å². The van der Waals surface area contributed by atoms with Crippen molar-refractivity contribution >= 4 is 35.8 Å². The lowest BCUT2D eigenvalue weighted by Gasteiger charge is -2.35. The topological polar surface area (TPSA) is 60.0 Å². The number of halogens is 1. The highest BCUT2D eigenvalue weighted by molar-refractivity contribution is 14.0. The zero-order chi connectivity index (χ0) is 22.1. The van der Waals surface area contributed by atoms with Crippen LogP contribution >= 0.6 is 24.0 Å². The van der Waals surface area contributed by atoms with Gasteiger partial charge in [-0.3, -0.25) is 9.79 Å². The van der Waals surface area contributed by atoms with E-state index in [0.717, 1.165) is 45.1 Å². The van der Waals surface area contributed by atoms with E-state index in [1.54, 1.807) is 0 Å². The van der Waals surface area contributed by atoms with E-state index in [2.05, 4.69) is 60.6 Å². The van der Waals surface area contributed by atoms with Crippen LogP contribution in [0.3, 0.4) is 0 Å². The van der Waals surface area contributed by atoms with Crippen LogP contribution in [0.25, 0.3) is 0 Å². The van der Waals surface area contributed by atoms with E-state index in [1.807, 2.05) is 11.0 Å². The maximum absolute atomic E-state index is 12.4. The van der Waals surface area contributed by atoms with Gasteiger partial charge in [0.2, 0.25) is 5.91 Å². The van der Waals surface area contributed by atoms with Crippen molar-refractivity contribution in [1.29, 1.82) is 0 Å². The van der Waals surface area contributed by atoms with E-state index in [0.29, 0.717) is 30.8 Å². The van der Waals surface area contributed by atoms with Crippen molar-refractivity contribution < 1.29 is 4.79 Å². The molecule has 1 aromatic carbocycles. The Morgan fingerprint density at radius 3 is 2.66 bits per heavy atom.